The van der Waals surface area contributed by atoms with Gasteiger partial charge in [-0.2, -0.15) is 0 Å². The van der Waals surface area contributed by atoms with Crippen LogP contribution >= 0.6 is 0 Å². The second-order valence-corrected chi connectivity index (χ2v) is 6.47. The van der Waals surface area contributed by atoms with Crippen LogP contribution in [0.25, 0.3) is 0 Å². The molecule has 106 valence electrons. The molecular weight excluding hydrogens is 275 g/mol. The Labute approximate surface area is 110 Å². The molecule has 0 bridgehead atoms. The lowest BCUT2D eigenvalue weighted by molar-refractivity contribution is 0.0698. The van der Waals surface area contributed by atoms with E-state index in [-0.39, 0.29) is 23.5 Å². The summed E-state index contributed by atoms with van der Waals surface area (Å²) in [5, 5.41) is 9.06. The summed E-state index contributed by atoms with van der Waals surface area (Å²) >= 11 is 0. The molecule has 1 rings (SSSR count). The minimum absolute atomic E-state index is 0.0875. The summed E-state index contributed by atoms with van der Waals surface area (Å²) in [6.07, 6.45) is 1.08. The quantitative estimate of drug-likeness (QED) is 0.770. The van der Waals surface area contributed by atoms with Crippen molar-refractivity contribution in [3.63, 3.8) is 0 Å². The van der Waals surface area contributed by atoms with Gasteiger partial charge in [-0.05, 0) is 12.1 Å². The number of aromatic carboxylic acids is 1. The second kappa shape index (κ2) is 5.43. The number of carboxylic acids is 1. The summed E-state index contributed by atoms with van der Waals surface area (Å²) in [4.78, 5) is 12.5. The number of carboxylic acid groups (broad SMARTS) is 1. The van der Waals surface area contributed by atoms with Crippen LogP contribution in [-0.4, -0.2) is 45.1 Å². The Morgan fingerprint density at radius 1 is 1.47 bits per heavy atom. The first-order chi connectivity index (χ1) is 8.63. The Bertz CT molecular complexity index is 601. The number of nitrogen functional groups attached to an aromatic ring is 1. The monoisotopic (exact) mass is 290 g/mol. The van der Waals surface area contributed by atoms with Crippen LogP contribution in [-0.2, 0) is 9.84 Å². The van der Waals surface area contributed by atoms with Gasteiger partial charge in [0.1, 0.15) is 21.2 Å². The predicted molar refractivity (Wildman–Crippen MR) is 70.8 cm³/mol. The minimum atomic E-state index is -3.17. The van der Waals surface area contributed by atoms with E-state index in [2.05, 4.69) is 0 Å². The molecule has 0 unspecified atom stereocenters. The molecule has 6 nitrogen and oxygen atoms in total. The van der Waals surface area contributed by atoms with Gasteiger partial charge in [-0.15, -0.1) is 0 Å². The van der Waals surface area contributed by atoms with Crippen LogP contribution in [0.4, 0.5) is 15.8 Å². The molecule has 0 saturated carbocycles. The first-order valence-electron chi connectivity index (χ1n) is 5.33. The highest BCUT2D eigenvalue weighted by atomic mass is 32.2. The van der Waals surface area contributed by atoms with Gasteiger partial charge in [0.2, 0.25) is 0 Å². The van der Waals surface area contributed by atoms with Gasteiger partial charge in [0, 0.05) is 19.8 Å². The van der Waals surface area contributed by atoms with Crippen molar-refractivity contribution in [2.24, 2.45) is 0 Å². The van der Waals surface area contributed by atoms with E-state index in [0.29, 0.717) is 0 Å². The van der Waals surface area contributed by atoms with Gasteiger partial charge >= 0.3 is 5.97 Å². The van der Waals surface area contributed by atoms with Gasteiger partial charge in [0.15, 0.2) is 0 Å². The molecule has 0 atom stereocenters. The molecule has 1 aromatic carbocycles. The molecule has 0 amide bonds. The van der Waals surface area contributed by atoms with Crippen molar-refractivity contribution in [3.8, 4) is 0 Å². The molecule has 8 heteroatoms. The Kier molecular flexibility index (Phi) is 4.35. The van der Waals surface area contributed by atoms with Gasteiger partial charge < -0.3 is 15.7 Å². The Morgan fingerprint density at radius 3 is 2.53 bits per heavy atom. The first-order valence-corrected chi connectivity index (χ1v) is 7.39. The number of anilines is 2. The summed E-state index contributed by atoms with van der Waals surface area (Å²) in [5.41, 5.74) is 4.75. The van der Waals surface area contributed by atoms with Crippen molar-refractivity contribution >= 4 is 27.2 Å². The maximum Gasteiger partial charge on any atom is 0.340 e. The third kappa shape index (κ3) is 3.82. The molecular formula is C11H15FN2O4S. The van der Waals surface area contributed by atoms with E-state index in [4.69, 9.17) is 10.8 Å². The van der Waals surface area contributed by atoms with Gasteiger partial charge in [0.25, 0.3) is 0 Å². The van der Waals surface area contributed by atoms with Gasteiger partial charge in [-0.1, -0.05) is 0 Å². The molecule has 0 aliphatic carbocycles. The van der Waals surface area contributed by atoms with Crippen molar-refractivity contribution in [1.82, 2.24) is 0 Å². The van der Waals surface area contributed by atoms with E-state index < -0.39 is 27.3 Å². The van der Waals surface area contributed by atoms with E-state index in [1.807, 2.05) is 0 Å². The maximum atomic E-state index is 13.3. The van der Waals surface area contributed by atoms with Crippen LogP contribution in [0, 0.1) is 5.82 Å². The summed E-state index contributed by atoms with van der Waals surface area (Å²) < 4.78 is 35.4. The van der Waals surface area contributed by atoms with E-state index >= 15 is 0 Å². The highest BCUT2D eigenvalue weighted by Gasteiger charge is 2.20. The summed E-state index contributed by atoms with van der Waals surface area (Å²) in [5.74, 6) is -2.32. The second-order valence-electron chi connectivity index (χ2n) is 4.21. The molecule has 0 aliphatic rings. The third-order valence-corrected chi connectivity index (χ3v) is 3.52. The molecule has 0 aliphatic heterocycles. The number of benzene rings is 1. The molecule has 0 aromatic heterocycles. The predicted octanol–water partition coefficient (Wildman–Crippen LogP) is 0.587. The van der Waals surface area contributed by atoms with Gasteiger partial charge in [0.05, 0.1) is 17.1 Å². The lowest BCUT2D eigenvalue weighted by Gasteiger charge is -2.21. The van der Waals surface area contributed by atoms with Crippen molar-refractivity contribution < 1.29 is 22.7 Å². The van der Waals surface area contributed by atoms with E-state index in [1.165, 1.54) is 18.0 Å². The van der Waals surface area contributed by atoms with E-state index in [9.17, 15) is 17.6 Å². The molecule has 0 spiro atoms. The summed E-state index contributed by atoms with van der Waals surface area (Å²) in [6, 6.07) is 2.31. The summed E-state index contributed by atoms with van der Waals surface area (Å²) in [6.45, 7) is 0.0875. The molecule has 1 aromatic rings. The molecule has 0 radical (unpaired) electrons. The van der Waals surface area contributed by atoms with Crippen LogP contribution in [0.3, 0.4) is 0 Å². The van der Waals surface area contributed by atoms with E-state index in [0.717, 1.165) is 12.3 Å². The number of hydrogen-bond acceptors (Lipinski definition) is 5. The maximum absolute atomic E-state index is 13.3. The van der Waals surface area contributed by atoms with Gasteiger partial charge in [-0.3, -0.25) is 0 Å². The van der Waals surface area contributed by atoms with Crippen LogP contribution < -0.4 is 10.6 Å². The fourth-order valence-electron chi connectivity index (χ4n) is 1.55. The first kappa shape index (κ1) is 15.2. The molecule has 0 heterocycles. The minimum Gasteiger partial charge on any atom is -0.478 e. The normalized spacial score (nSPS) is 11.3. The Hall–Kier alpha value is -1.83. The standard InChI is InChI=1S/C11H15FN2O4S/c1-14(5-6-19(2,17)18)8-4-3-7(12)10(13)9(8)11(15)16/h3-4H,5-6,13H2,1-2H3,(H,15,16). The average molecular weight is 290 g/mol. The average Bonchev–Trinajstić information content (AvgIpc) is 2.27. The topological polar surface area (TPSA) is 101 Å². The fraction of sp³-hybridized carbons (Fsp3) is 0.364. The smallest absolute Gasteiger partial charge is 0.340 e. The van der Waals surface area contributed by atoms with Crippen molar-refractivity contribution in [3.05, 3.63) is 23.5 Å². The van der Waals surface area contributed by atoms with Crippen LogP contribution in [0.1, 0.15) is 10.4 Å². The van der Waals surface area contributed by atoms with Crippen LogP contribution in [0.5, 0.6) is 0 Å². The SMILES string of the molecule is CN(CCS(C)(=O)=O)c1ccc(F)c(N)c1C(=O)O. The third-order valence-electron chi connectivity index (χ3n) is 2.59. The zero-order valence-corrected chi connectivity index (χ0v) is 11.4. The van der Waals surface area contributed by atoms with Crippen molar-refractivity contribution in [2.45, 2.75) is 0 Å². The number of nitrogens with two attached hydrogens (primary N) is 1. The highest BCUT2D eigenvalue weighted by Crippen LogP contribution is 2.27. The van der Waals surface area contributed by atoms with E-state index in [1.54, 1.807) is 0 Å². The number of halogens is 1. The molecule has 19 heavy (non-hydrogen) atoms. The zero-order chi connectivity index (χ0) is 14.8. The van der Waals surface area contributed by atoms with Gasteiger partial charge in [-0.25, -0.2) is 17.6 Å². The number of sulfone groups is 1. The Balaban J connectivity index is 3.13. The highest BCUT2D eigenvalue weighted by molar-refractivity contribution is 7.90. The van der Waals surface area contributed by atoms with Crippen molar-refractivity contribution in [1.29, 1.82) is 0 Å². The Morgan fingerprint density at radius 2 is 2.05 bits per heavy atom. The fourth-order valence-corrected chi connectivity index (χ4v) is 2.15. The largest absolute Gasteiger partial charge is 0.478 e. The number of rotatable bonds is 5. The van der Waals surface area contributed by atoms with Crippen LogP contribution in [0.2, 0.25) is 0 Å². The summed E-state index contributed by atoms with van der Waals surface area (Å²) in [7, 11) is -1.65. The molecule has 3 N–H and O–H groups in total. The molecule has 0 saturated heterocycles. The van der Waals surface area contributed by atoms with Crippen LogP contribution in [0.15, 0.2) is 12.1 Å². The lowest BCUT2D eigenvalue weighted by atomic mass is 10.1. The number of carbonyl (C=O) groups is 1. The zero-order valence-electron chi connectivity index (χ0n) is 10.6. The lowest BCUT2D eigenvalue weighted by Crippen LogP contribution is -2.27. The molecule has 0 fully saturated rings. The number of nitrogens with zero attached hydrogens (tertiary/aromatic N) is 1. The number of hydrogen-bond donors (Lipinski definition) is 2. The van der Waals surface area contributed by atoms with Crippen molar-refractivity contribution in [2.75, 3.05) is 36.2 Å².